The zero-order valence-corrected chi connectivity index (χ0v) is 17.4. The maximum atomic E-state index is 12.9. The van der Waals surface area contributed by atoms with Crippen molar-refractivity contribution in [3.05, 3.63) is 35.9 Å². The van der Waals surface area contributed by atoms with E-state index in [9.17, 15) is 9.59 Å². The highest BCUT2D eigenvalue weighted by Gasteiger charge is 2.57. The second-order valence-corrected chi connectivity index (χ2v) is 8.79. The predicted octanol–water partition coefficient (Wildman–Crippen LogP) is 3.45. The lowest BCUT2D eigenvalue weighted by Gasteiger charge is -2.44. The number of carbonyl (C=O) groups excluding carboxylic acids is 2. The number of esters is 1. The molecule has 1 amide bonds. The van der Waals surface area contributed by atoms with E-state index in [-0.39, 0.29) is 18.1 Å². The van der Waals surface area contributed by atoms with Gasteiger partial charge in [0.1, 0.15) is 5.60 Å². The summed E-state index contributed by atoms with van der Waals surface area (Å²) >= 11 is 0. The lowest BCUT2D eigenvalue weighted by molar-refractivity contribution is -0.160. The Bertz CT molecular complexity index is 700. The number of carbonyl (C=O) groups is 2. The van der Waals surface area contributed by atoms with Crippen LogP contribution in [0.3, 0.4) is 0 Å². The summed E-state index contributed by atoms with van der Waals surface area (Å²) in [7, 11) is 0. The maximum Gasteiger partial charge on any atom is 0.410 e. The van der Waals surface area contributed by atoms with E-state index in [1.807, 2.05) is 45.9 Å². The van der Waals surface area contributed by atoms with Gasteiger partial charge in [-0.25, -0.2) is 4.79 Å². The second-order valence-electron chi connectivity index (χ2n) is 8.79. The summed E-state index contributed by atoms with van der Waals surface area (Å²) in [6.45, 7) is 10.6. The summed E-state index contributed by atoms with van der Waals surface area (Å²) in [5.74, 6) is -0.176. The Morgan fingerprint density at radius 3 is 2.46 bits per heavy atom. The standard InChI is InChI=1S/C22H32N2O4/c1-5-27-19(25)22-11-13-23(15-17-9-7-6-8-10-17)16-18(22)24(14-12-22)20(26)28-21(2,3)4/h6-10,18H,5,11-16H2,1-4H3/t18-,22-/m1/s1. The average molecular weight is 389 g/mol. The van der Waals surface area contributed by atoms with Crippen molar-refractivity contribution < 1.29 is 19.1 Å². The van der Waals surface area contributed by atoms with Gasteiger partial charge in [-0.1, -0.05) is 30.3 Å². The molecular weight excluding hydrogens is 356 g/mol. The van der Waals surface area contributed by atoms with Crippen LogP contribution in [0.4, 0.5) is 4.79 Å². The van der Waals surface area contributed by atoms with Crippen LogP contribution in [0.1, 0.15) is 46.1 Å². The number of nitrogens with zero attached hydrogens (tertiary/aromatic N) is 2. The SMILES string of the molecule is CCOC(=O)[C@@]12CCN(Cc3ccccc3)C[C@H]1N(C(=O)OC(C)(C)C)CC2. The number of piperidine rings is 1. The second kappa shape index (κ2) is 8.11. The van der Waals surface area contributed by atoms with Crippen LogP contribution in [0.15, 0.2) is 30.3 Å². The molecule has 0 bridgehead atoms. The van der Waals surface area contributed by atoms with Gasteiger partial charge in [-0.2, -0.15) is 0 Å². The maximum absolute atomic E-state index is 12.9. The zero-order valence-electron chi connectivity index (χ0n) is 17.4. The Kier molecular flexibility index (Phi) is 5.98. The number of ether oxygens (including phenoxy) is 2. The molecule has 2 heterocycles. The number of hydrogen-bond donors (Lipinski definition) is 0. The molecular formula is C22H32N2O4. The van der Waals surface area contributed by atoms with Gasteiger partial charge in [-0.05, 0) is 52.6 Å². The van der Waals surface area contributed by atoms with E-state index in [4.69, 9.17) is 9.47 Å². The third kappa shape index (κ3) is 4.32. The Morgan fingerprint density at radius 1 is 1.14 bits per heavy atom. The fourth-order valence-corrected chi connectivity index (χ4v) is 4.34. The van der Waals surface area contributed by atoms with Crippen LogP contribution in [0, 0.1) is 5.41 Å². The lowest BCUT2D eigenvalue weighted by Crippen LogP contribution is -2.58. The van der Waals surface area contributed by atoms with Crippen molar-refractivity contribution in [3.8, 4) is 0 Å². The van der Waals surface area contributed by atoms with Gasteiger partial charge >= 0.3 is 12.1 Å². The summed E-state index contributed by atoms with van der Waals surface area (Å²) in [6.07, 6.45) is 0.989. The van der Waals surface area contributed by atoms with Crippen LogP contribution in [0.2, 0.25) is 0 Å². The number of benzene rings is 1. The number of fused-ring (bicyclic) bond motifs is 1. The highest BCUT2D eigenvalue weighted by molar-refractivity contribution is 5.81. The fraction of sp³-hybridized carbons (Fsp3) is 0.636. The third-order valence-electron chi connectivity index (χ3n) is 5.68. The molecule has 0 saturated carbocycles. The highest BCUT2D eigenvalue weighted by Crippen LogP contribution is 2.45. The number of rotatable bonds is 4. The monoisotopic (exact) mass is 388 g/mol. The van der Waals surface area contributed by atoms with Crippen molar-refractivity contribution in [1.29, 1.82) is 0 Å². The van der Waals surface area contributed by atoms with E-state index in [2.05, 4.69) is 17.0 Å². The Hall–Kier alpha value is -2.08. The van der Waals surface area contributed by atoms with E-state index in [1.165, 1.54) is 5.56 Å². The van der Waals surface area contributed by atoms with Crippen LogP contribution in [0.25, 0.3) is 0 Å². The molecule has 2 saturated heterocycles. The summed E-state index contributed by atoms with van der Waals surface area (Å²) in [6, 6.07) is 10.1. The van der Waals surface area contributed by atoms with Crippen molar-refractivity contribution in [1.82, 2.24) is 9.80 Å². The van der Waals surface area contributed by atoms with E-state index >= 15 is 0 Å². The molecule has 154 valence electrons. The minimum absolute atomic E-state index is 0.176. The largest absolute Gasteiger partial charge is 0.466 e. The molecule has 2 fully saturated rings. The summed E-state index contributed by atoms with van der Waals surface area (Å²) < 4.78 is 11.1. The molecule has 1 aromatic rings. The zero-order chi connectivity index (χ0) is 20.4. The first kappa shape index (κ1) is 20.6. The fourth-order valence-electron chi connectivity index (χ4n) is 4.34. The van der Waals surface area contributed by atoms with Crippen LogP contribution < -0.4 is 0 Å². The van der Waals surface area contributed by atoms with Crippen molar-refractivity contribution in [2.75, 3.05) is 26.2 Å². The van der Waals surface area contributed by atoms with Crippen LogP contribution in [-0.2, 0) is 20.8 Å². The molecule has 6 nitrogen and oxygen atoms in total. The van der Waals surface area contributed by atoms with Gasteiger partial charge in [0.2, 0.25) is 0 Å². The molecule has 2 atom stereocenters. The molecule has 28 heavy (non-hydrogen) atoms. The summed E-state index contributed by atoms with van der Waals surface area (Å²) in [4.78, 5) is 29.8. The van der Waals surface area contributed by atoms with Gasteiger partial charge in [0.25, 0.3) is 0 Å². The third-order valence-corrected chi connectivity index (χ3v) is 5.68. The molecule has 0 aromatic heterocycles. The van der Waals surface area contributed by atoms with Crippen molar-refractivity contribution in [2.24, 2.45) is 5.41 Å². The molecule has 1 aromatic carbocycles. The molecule has 6 heteroatoms. The van der Waals surface area contributed by atoms with Gasteiger partial charge in [-0.15, -0.1) is 0 Å². The van der Waals surface area contributed by atoms with Crippen LogP contribution >= 0.6 is 0 Å². The topological polar surface area (TPSA) is 59.1 Å². The van der Waals surface area contributed by atoms with E-state index in [1.54, 1.807) is 4.90 Å². The van der Waals surface area contributed by atoms with E-state index in [0.29, 0.717) is 32.5 Å². The number of amides is 1. The predicted molar refractivity (Wildman–Crippen MR) is 107 cm³/mol. The van der Waals surface area contributed by atoms with Gasteiger partial charge in [-0.3, -0.25) is 9.69 Å². The molecule has 0 radical (unpaired) electrons. The normalized spacial score (nSPS) is 25.3. The van der Waals surface area contributed by atoms with Crippen molar-refractivity contribution in [2.45, 2.75) is 58.7 Å². The molecule has 0 N–H and O–H groups in total. The molecule has 2 aliphatic heterocycles. The number of likely N-dealkylation sites (tertiary alicyclic amines) is 2. The molecule has 0 spiro atoms. The molecule has 0 aliphatic carbocycles. The first-order chi connectivity index (χ1) is 13.2. The molecule has 2 aliphatic rings. The minimum Gasteiger partial charge on any atom is -0.466 e. The lowest BCUT2D eigenvalue weighted by atomic mass is 9.74. The summed E-state index contributed by atoms with van der Waals surface area (Å²) in [5, 5.41) is 0. The van der Waals surface area contributed by atoms with Gasteiger partial charge in [0.05, 0.1) is 18.1 Å². The first-order valence-electron chi connectivity index (χ1n) is 10.2. The Morgan fingerprint density at radius 2 is 1.82 bits per heavy atom. The van der Waals surface area contributed by atoms with E-state index in [0.717, 1.165) is 13.1 Å². The van der Waals surface area contributed by atoms with Gasteiger partial charge in [0, 0.05) is 19.6 Å². The summed E-state index contributed by atoms with van der Waals surface area (Å²) in [5.41, 5.74) is 0.0399. The van der Waals surface area contributed by atoms with Gasteiger partial charge in [0.15, 0.2) is 0 Å². The quantitative estimate of drug-likeness (QED) is 0.740. The van der Waals surface area contributed by atoms with Crippen LogP contribution in [0.5, 0.6) is 0 Å². The number of hydrogen-bond acceptors (Lipinski definition) is 5. The molecule has 3 rings (SSSR count). The van der Waals surface area contributed by atoms with Crippen molar-refractivity contribution >= 4 is 12.1 Å². The Balaban J connectivity index is 1.81. The minimum atomic E-state index is -0.625. The molecule has 0 unspecified atom stereocenters. The van der Waals surface area contributed by atoms with Crippen molar-refractivity contribution in [3.63, 3.8) is 0 Å². The first-order valence-corrected chi connectivity index (χ1v) is 10.2. The average Bonchev–Trinajstić information content (AvgIpc) is 3.02. The van der Waals surface area contributed by atoms with E-state index < -0.39 is 11.0 Å². The smallest absolute Gasteiger partial charge is 0.410 e. The van der Waals surface area contributed by atoms with Crippen LogP contribution in [-0.4, -0.2) is 59.7 Å². The Labute approximate surface area is 167 Å². The van der Waals surface area contributed by atoms with Gasteiger partial charge < -0.3 is 14.4 Å². The highest BCUT2D eigenvalue weighted by atomic mass is 16.6.